The molecule has 2 rings (SSSR count). The maximum absolute atomic E-state index is 11.4. The van der Waals surface area contributed by atoms with Crippen LogP contribution in [-0.4, -0.2) is 37.0 Å². The monoisotopic (exact) mass is 347 g/mol. The highest BCUT2D eigenvalue weighted by Gasteiger charge is 2.19. The van der Waals surface area contributed by atoms with Crippen LogP contribution in [-0.2, 0) is 17.8 Å². The summed E-state index contributed by atoms with van der Waals surface area (Å²) < 4.78 is 0. The van der Waals surface area contributed by atoms with Crippen LogP contribution in [0.1, 0.15) is 57.6 Å². The fourth-order valence-corrected chi connectivity index (χ4v) is 3.21. The molecule has 1 aromatic carbocycles. The Kier molecular flexibility index (Phi) is 11.2. The van der Waals surface area contributed by atoms with Gasteiger partial charge in [-0.25, -0.2) is 0 Å². The molecular weight excluding hydrogens is 310 g/mol. The first-order valence-corrected chi connectivity index (χ1v) is 9.98. The number of carbonyl (C=O) groups excluding carboxylic acids is 1. The Labute approximate surface area is 154 Å². The predicted octanol–water partition coefficient (Wildman–Crippen LogP) is 3.34. The number of benzene rings is 1. The number of nitrogens with zero attached hydrogens (tertiary/aromatic N) is 1. The van der Waals surface area contributed by atoms with E-state index in [1.807, 2.05) is 13.8 Å². The van der Waals surface area contributed by atoms with E-state index in [0.717, 1.165) is 44.9 Å². The SMILES string of the molecule is CC.CCc1ccc(CN2CCC(CCNC(=O)CCN)CC2)cc1. The number of carbonyl (C=O) groups is 1. The fraction of sp³-hybridized carbons (Fsp3) is 0.667. The van der Waals surface area contributed by atoms with E-state index in [9.17, 15) is 4.79 Å². The molecule has 3 N–H and O–H groups in total. The Balaban J connectivity index is 0.00000151. The third-order valence-electron chi connectivity index (χ3n) is 4.79. The number of hydrogen-bond donors (Lipinski definition) is 2. The number of hydrogen-bond acceptors (Lipinski definition) is 3. The number of amides is 1. The quantitative estimate of drug-likeness (QED) is 0.758. The third-order valence-corrected chi connectivity index (χ3v) is 4.79. The lowest BCUT2D eigenvalue weighted by atomic mass is 9.93. The van der Waals surface area contributed by atoms with Crippen molar-refractivity contribution in [2.45, 2.75) is 59.4 Å². The van der Waals surface area contributed by atoms with E-state index in [1.54, 1.807) is 0 Å². The summed E-state index contributed by atoms with van der Waals surface area (Å²) in [5, 5.41) is 2.96. The van der Waals surface area contributed by atoms with Crippen LogP contribution in [0.15, 0.2) is 24.3 Å². The van der Waals surface area contributed by atoms with E-state index in [4.69, 9.17) is 5.73 Å². The minimum absolute atomic E-state index is 0.0838. The van der Waals surface area contributed by atoms with Gasteiger partial charge in [-0.3, -0.25) is 9.69 Å². The Bertz CT molecular complexity index is 465. The van der Waals surface area contributed by atoms with Crippen LogP contribution >= 0.6 is 0 Å². The number of nitrogens with two attached hydrogens (primary N) is 1. The molecule has 1 aliphatic rings. The lowest BCUT2D eigenvalue weighted by Crippen LogP contribution is -2.35. The number of piperidine rings is 1. The molecule has 1 aliphatic heterocycles. The van der Waals surface area contributed by atoms with Crippen molar-refractivity contribution in [3.05, 3.63) is 35.4 Å². The zero-order valence-corrected chi connectivity index (χ0v) is 16.4. The van der Waals surface area contributed by atoms with Crippen molar-refractivity contribution in [1.29, 1.82) is 0 Å². The van der Waals surface area contributed by atoms with Gasteiger partial charge in [0.1, 0.15) is 0 Å². The minimum atomic E-state index is 0.0838. The van der Waals surface area contributed by atoms with E-state index in [0.29, 0.717) is 13.0 Å². The first-order chi connectivity index (χ1) is 12.2. The second-order valence-corrected chi connectivity index (χ2v) is 6.57. The number of likely N-dealkylation sites (tertiary alicyclic amines) is 1. The summed E-state index contributed by atoms with van der Waals surface area (Å²) in [4.78, 5) is 13.9. The lowest BCUT2D eigenvalue weighted by molar-refractivity contribution is -0.120. The average molecular weight is 348 g/mol. The molecule has 1 aromatic rings. The van der Waals surface area contributed by atoms with Crippen molar-refractivity contribution in [3.63, 3.8) is 0 Å². The molecule has 142 valence electrons. The zero-order valence-electron chi connectivity index (χ0n) is 16.4. The van der Waals surface area contributed by atoms with Gasteiger partial charge < -0.3 is 11.1 Å². The van der Waals surface area contributed by atoms with E-state index in [-0.39, 0.29) is 5.91 Å². The molecule has 0 unspecified atom stereocenters. The Hall–Kier alpha value is -1.39. The summed E-state index contributed by atoms with van der Waals surface area (Å²) in [6.07, 6.45) is 5.11. The van der Waals surface area contributed by atoms with Crippen LogP contribution in [0.4, 0.5) is 0 Å². The maximum atomic E-state index is 11.4. The lowest BCUT2D eigenvalue weighted by Gasteiger charge is -2.32. The summed E-state index contributed by atoms with van der Waals surface area (Å²) in [6, 6.07) is 9.01. The Morgan fingerprint density at radius 1 is 1.16 bits per heavy atom. The molecule has 0 spiro atoms. The molecule has 4 heteroatoms. The van der Waals surface area contributed by atoms with Crippen LogP contribution in [0.25, 0.3) is 0 Å². The van der Waals surface area contributed by atoms with Crippen molar-refractivity contribution in [2.75, 3.05) is 26.2 Å². The largest absolute Gasteiger partial charge is 0.356 e. The van der Waals surface area contributed by atoms with Gasteiger partial charge in [0.25, 0.3) is 0 Å². The molecular formula is C21H37N3O. The fourth-order valence-electron chi connectivity index (χ4n) is 3.21. The summed E-state index contributed by atoms with van der Waals surface area (Å²) in [5.41, 5.74) is 8.19. The van der Waals surface area contributed by atoms with Crippen molar-refractivity contribution < 1.29 is 4.79 Å². The zero-order chi connectivity index (χ0) is 18.5. The van der Waals surface area contributed by atoms with Crippen molar-refractivity contribution in [2.24, 2.45) is 11.7 Å². The van der Waals surface area contributed by atoms with Gasteiger partial charge in [-0.2, -0.15) is 0 Å². The Morgan fingerprint density at radius 3 is 2.32 bits per heavy atom. The van der Waals surface area contributed by atoms with Crippen molar-refractivity contribution in [3.8, 4) is 0 Å². The van der Waals surface area contributed by atoms with Crippen LogP contribution in [0, 0.1) is 5.92 Å². The van der Waals surface area contributed by atoms with Gasteiger partial charge in [0, 0.05) is 26.1 Å². The summed E-state index contributed by atoms with van der Waals surface area (Å²) >= 11 is 0. The molecule has 0 atom stereocenters. The van der Waals surface area contributed by atoms with Gasteiger partial charge in [-0.1, -0.05) is 45.0 Å². The summed E-state index contributed by atoms with van der Waals surface area (Å²) in [6.45, 7) is 10.8. The number of rotatable bonds is 8. The highest BCUT2D eigenvalue weighted by Crippen LogP contribution is 2.21. The second kappa shape index (κ2) is 12.9. The Morgan fingerprint density at radius 2 is 1.76 bits per heavy atom. The van der Waals surface area contributed by atoms with E-state index in [1.165, 1.54) is 24.0 Å². The average Bonchev–Trinajstić information content (AvgIpc) is 2.66. The molecule has 0 aromatic heterocycles. The first kappa shape index (κ1) is 21.7. The smallest absolute Gasteiger partial charge is 0.221 e. The number of nitrogens with one attached hydrogen (secondary N) is 1. The summed E-state index contributed by atoms with van der Waals surface area (Å²) in [7, 11) is 0. The molecule has 0 bridgehead atoms. The standard InChI is InChI=1S/C19H31N3O.C2H6/c1-2-16-3-5-18(6-4-16)15-22-13-9-17(10-14-22)8-12-21-19(23)7-11-20;1-2/h3-6,17H,2,7-15,20H2,1H3,(H,21,23);1-2H3. The topological polar surface area (TPSA) is 58.4 Å². The van der Waals surface area contributed by atoms with E-state index in [2.05, 4.69) is 41.4 Å². The van der Waals surface area contributed by atoms with Gasteiger partial charge in [-0.15, -0.1) is 0 Å². The third kappa shape index (κ3) is 8.50. The molecule has 4 nitrogen and oxygen atoms in total. The molecule has 25 heavy (non-hydrogen) atoms. The first-order valence-electron chi connectivity index (χ1n) is 9.98. The van der Waals surface area contributed by atoms with E-state index >= 15 is 0 Å². The van der Waals surface area contributed by atoms with Crippen molar-refractivity contribution >= 4 is 5.91 Å². The van der Waals surface area contributed by atoms with Gasteiger partial charge in [0.05, 0.1) is 0 Å². The van der Waals surface area contributed by atoms with E-state index < -0.39 is 0 Å². The number of aryl methyl sites for hydroxylation is 1. The summed E-state index contributed by atoms with van der Waals surface area (Å²) in [5.74, 6) is 0.826. The van der Waals surface area contributed by atoms with Crippen LogP contribution in [0.3, 0.4) is 0 Å². The van der Waals surface area contributed by atoms with Gasteiger partial charge >= 0.3 is 0 Å². The predicted molar refractivity (Wildman–Crippen MR) is 106 cm³/mol. The molecule has 1 saturated heterocycles. The molecule has 1 heterocycles. The molecule has 0 saturated carbocycles. The molecule has 0 radical (unpaired) electrons. The highest BCUT2D eigenvalue weighted by molar-refractivity contribution is 5.75. The normalized spacial score (nSPS) is 15.4. The second-order valence-electron chi connectivity index (χ2n) is 6.57. The van der Waals surface area contributed by atoms with Crippen LogP contribution < -0.4 is 11.1 Å². The molecule has 0 aliphatic carbocycles. The van der Waals surface area contributed by atoms with Gasteiger partial charge in [0.2, 0.25) is 5.91 Å². The van der Waals surface area contributed by atoms with Crippen molar-refractivity contribution in [1.82, 2.24) is 10.2 Å². The van der Waals surface area contributed by atoms with Crippen LogP contribution in [0.2, 0.25) is 0 Å². The van der Waals surface area contributed by atoms with Crippen LogP contribution in [0.5, 0.6) is 0 Å². The van der Waals surface area contributed by atoms with Gasteiger partial charge in [-0.05, 0) is 55.8 Å². The molecule has 1 amide bonds. The maximum Gasteiger partial charge on any atom is 0.221 e. The molecule has 1 fully saturated rings. The van der Waals surface area contributed by atoms with Gasteiger partial charge in [0.15, 0.2) is 0 Å². The minimum Gasteiger partial charge on any atom is -0.356 e. The highest BCUT2D eigenvalue weighted by atomic mass is 16.1.